The van der Waals surface area contributed by atoms with E-state index in [0.717, 1.165) is 20.9 Å². The molecule has 0 fully saturated rings. The number of hydrogen-bond acceptors (Lipinski definition) is 6. The van der Waals surface area contributed by atoms with Crippen LogP contribution < -0.4 is 4.74 Å². The van der Waals surface area contributed by atoms with Crippen molar-refractivity contribution in [1.29, 1.82) is 0 Å². The summed E-state index contributed by atoms with van der Waals surface area (Å²) in [5.41, 5.74) is 1.42. The molecule has 0 radical (unpaired) electrons. The number of thioether (sulfide) groups is 1. The monoisotopic (exact) mass is 713 g/mol. The highest BCUT2D eigenvalue weighted by molar-refractivity contribution is 14.1. The summed E-state index contributed by atoms with van der Waals surface area (Å²) < 4.78 is 12.0. The molecule has 200 valence electrons. The van der Waals surface area contributed by atoms with E-state index < -0.39 is 11.9 Å². The normalized spacial score (nSPS) is 15.2. The highest BCUT2D eigenvalue weighted by Gasteiger charge is 2.34. The summed E-state index contributed by atoms with van der Waals surface area (Å²) in [6.45, 7) is 1.98. The Kier molecular flexibility index (Phi) is 10.0. The fourth-order valence-corrected chi connectivity index (χ4v) is 5.67. The molecule has 0 bridgehead atoms. The van der Waals surface area contributed by atoms with Crippen molar-refractivity contribution in [3.63, 3.8) is 0 Å². The number of aliphatic hydroxyl groups is 1. The Morgan fingerprint density at radius 2 is 1.69 bits per heavy atom. The number of benzene rings is 3. The van der Waals surface area contributed by atoms with Crippen molar-refractivity contribution in [2.24, 2.45) is 4.99 Å². The van der Waals surface area contributed by atoms with Crippen LogP contribution in [0.2, 0.25) is 15.1 Å². The Bertz CT molecular complexity index is 1510. The summed E-state index contributed by atoms with van der Waals surface area (Å²) in [5, 5.41) is 11.6. The summed E-state index contributed by atoms with van der Waals surface area (Å²) in [5.74, 6) is -1.54. The third-order valence-electron chi connectivity index (χ3n) is 5.29. The van der Waals surface area contributed by atoms with Crippen molar-refractivity contribution in [3.05, 3.63) is 112 Å². The molecule has 4 rings (SSSR count). The van der Waals surface area contributed by atoms with Crippen LogP contribution in [0.4, 0.5) is 0 Å². The van der Waals surface area contributed by atoms with Gasteiger partial charge in [0.2, 0.25) is 0 Å². The molecule has 0 saturated carbocycles. The van der Waals surface area contributed by atoms with Crippen molar-refractivity contribution in [2.75, 3.05) is 6.61 Å². The molecular formula is C28H19Cl3INO5S. The van der Waals surface area contributed by atoms with Gasteiger partial charge < -0.3 is 14.6 Å². The molecule has 3 aromatic rings. The Morgan fingerprint density at radius 1 is 1.03 bits per heavy atom. The van der Waals surface area contributed by atoms with Crippen molar-refractivity contribution >= 4 is 92.2 Å². The summed E-state index contributed by atoms with van der Waals surface area (Å²) >= 11 is 22.2. The third kappa shape index (κ3) is 7.18. The van der Waals surface area contributed by atoms with Gasteiger partial charge in [0.15, 0.2) is 5.75 Å². The minimum absolute atomic E-state index is 0.0169. The maximum Gasteiger partial charge on any atom is 0.344 e. The van der Waals surface area contributed by atoms with Gasteiger partial charge in [0, 0.05) is 3.57 Å². The minimum Gasteiger partial charge on any atom is -0.506 e. The van der Waals surface area contributed by atoms with Crippen LogP contribution in [0.5, 0.6) is 5.75 Å². The van der Waals surface area contributed by atoms with Crippen LogP contribution in [0.15, 0.2) is 81.9 Å². The topological polar surface area (TPSA) is 85.2 Å². The molecule has 1 aliphatic rings. The Morgan fingerprint density at radius 3 is 2.33 bits per heavy atom. The lowest BCUT2D eigenvalue weighted by Gasteiger charge is -2.11. The highest BCUT2D eigenvalue weighted by Crippen LogP contribution is 2.41. The zero-order chi connectivity index (χ0) is 28.1. The zero-order valence-electron chi connectivity index (χ0n) is 20.2. The number of carbonyl (C=O) groups is 2. The van der Waals surface area contributed by atoms with Gasteiger partial charge in [0.1, 0.15) is 23.0 Å². The largest absolute Gasteiger partial charge is 0.506 e. The van der Waals surface area contributed by atoms with Crippen molar-refractivity contribution in [1.82, 2.24) is 0 Å². The standard InChI is InChI=1S/C28H19Cl3INO5S/c1-2-37-28(36)23-24(34)22(39-27(23)33-26(35)18-5-3-4-6-19(18)29)13-16-11-20(30)25(21(31)12-16)38-14-15-7-9-17(32)10-8-15/h3-13,34H,2,14H2,1H3/b22-13-,33-27?. The van der Waals surface area contributed by atoms with Crippen LogP contribution in [0, 0.1) is 3.57 Å². The number of hydrogen-bond donors (Lipinski definition) is 1. The number of amides is 1. The highest BCUT2D eigenvalue weighted by atomic mass is 127. The van der Waals surface area contributed by atoms with Gasteiger partial charge in [-0.05, 0) is 83.1 Å². The molecule has 3 aromatic carbocycles. The van der Waals surface area contributed by atoms with E-state index in [9.17, 15) is 14.7 Å². The molecule has 11 heteroatoms. The number of esters is 1. The summed E-state index contributed by atoms with van der Waals surface area (Å²) in [6.07, 6.45) is 1.57. The van der Waals surface area contributed by atoms with Gasteiger partial charge in [-0.15, -0.1) is 0 Å². The molecular weight excluding hydrogens is 696 g/mol. The second-order valence-electron chi connectivity index (χ2n) is 7.99. The van der Waals surface area contributed by atoms with E-state index in [1.807, 2.05) is 24.3 Å². The van der Waals surface area contributed by atoms with Gasteiger partial charge in [-0.1, -0.05) is 70.8 Å². The minimum atomic E-state index is -0.813. The first kappa shape index (κ1) is 29.5. The fourth-order valence-electron chi connectivity index (χ4n) is 3.47. The molecule has 0 spiro atoms. The van der Waals surface area contributed by atoms with E-state index in [2.05, 4.69) is 27.6 Å². The summed E-state index contributed by atoms with van der Waals surface area (Å²) in [6, 6.07) is 17.5. The van der Waals surface area contributed by atoms with E-state index in [-0.39, 0.29) is 55.1 Å². The Labute approximate surface area is 257 Å². The second kappa shape index (κ2) is 13.2. The number of ether oxygens (including phenoxy) is 2. The quantitative estimate of drug-likeness (QED) is 0.195. The van der Waals surface area contributed by atoms with Gasteiger partial charge in [0.25, 0.3) is 5.91 Å². The van der Waals surface area contributed by atoms with Crippen molar-refractivity contribution in [2.45, 2.75) is 13.5 Å². The average Bonchev–Trinajstić information content (AvgIpc) is 3.19. The first-order valence-corrected chi connectivity index (χ1v) is 14.4. The molecule has 6 nitrogen and oxygen atoms in total. The SMILES string of the molecule is CCOC(=O)C1=C(O)/C(=C/c2cc(Cl)c(OCc3ccc(I)cc3)c(Cl)c2)SC1=NC(=O)c1ccccc1Cl. The Hall–Kier alpha value is -2.50. The molecule has 39 heavy (non-hydrogen) atoms. The predicted molar refractivity (Wildman–Crippen MR) is 165 cm³/mol. The number of rotatable bonds is 7. The van der Waals surface area contributed by atoms with E-state index in [4.69, 9.17) is 44.3 Å². The van der Waals surface area contributed by atoms with Gasteiger partial charge in [-0.2, -0.15) is 0 Å². The second-order valence-corrected chi connectivity index (χ2v) is 11.5. The zero-order valence-corrected chi connectivity index (χ0v) is 25.5. The smallest absolute Gasteiger partial charge is 0.344 e. The third-order valence-corrected chi connectivity index (χ3v) is 7.92. The van der Waals surface area contributed by atoms with Crippen LogP contribution >= 0.6 is 69.2 Å². The fraction of sp³-hybridized carbons (Fsp3) is 0.107. The van der Waals surface area contributed by atoms with Crippen molar-refractivity contribution < 1.29 is 24.2 Å². The van der Waals surface area contributed by atoms with Crippen LogP contribution in [0.3, 0.4) is 0 Å². The average molecular weight is 715 g/mol. The lowest BCUT2D eigenvalue weighted by atomic mass is 10.1. The molecule has 1 amide bonds. The molecule has 1 N–H and O–H groups in total. The molecule has 0 aliphatic carbocycles. The van der Waals surface area contributed by atoms with Crippen LogP contribution in [0.1, 0.15) is 28.4 Å². The van der Waals surface area contributed by atoms with E-state index >= 15 is 0 Å². The van der Waals surface area contributed by atoms with E-state index in [0.29, 0.717) is 11.3 Å². The van der Waals surface area contributed by atoms with Crippen molar-refractivity contribution in [3.8, 4) is 5.75 Å². The number of aliphatic imine (C=N–C) groups is 1. The predicted octanol–water partition coefficient (Wildman–Crippen LogP) is 8.53. The maximum absolute atomic E-state index is 12.8. The van der Waals surface area contributed by atoms with Gasteiger partial charge in [0.05, 0.1) is 32.1 Å². The lowest BCUT2D eigenvalue weighted by molar-refractivity contribution is -0.138. The first-order valence-electron chi connectivity index (χ1n) is 11.4. The van der Waals surface area contributed by atoms with E-state index in [1.54, 1.807) is 43.3 Å². The molecule has 0 atom stereocenters. The summed E-state index contributed by atoms with van der Waals surface area (Å²) in [4.78, 5) is 29.8. The lowest BCUT2D eigenvalue weighted by Crippen LogP contribution is -2.14. The molecule has 1 heterocycles. The number of nitrogens with zero attached hydrogens (tertiary/aromatic N) is 1. The molecule has 1 aliphatic heterocycles. The molecule has 0 saturated heterocycles. The van der Waals surface area contributed by atoms with Gasteiger partial charge in [-0.3, -0.25) is 4.79 Å². The van der Waals surface area contributed by atoms with Crippen LogP contribution in [0.25, 0.3) is 6.08 Å². The summed E-state index contributed by atoms with van der Waals surface area (Å²) in [7, 11) is 0. The maximum atomic E-state index is 12.8. The number of carbonyl (C=O) groups excluding carboxylic acids is 2. The van der Waals surface area contributed by atoms with Gasteiger partial charge in [-0.25, -0.2) is 9.79 Å². The Balaban J connectivity index is 1.63. The van der Waals surface area contributed by atoms with Crippen LogP contribution in [-0.4, -0.2) is 28.6 Å². The van der Waals surface area contributed by atoms with E-state index in [1.165, 1.54) is 6.07 Å². The van der Waals surface area contributed by atoms with Gasteiger partial charge >= 0.3 is 5.97 Å². The number of aliphatic hydroxyl groups excluding tert-OH is 1. The molecule has 0 unspecified atom stereocenters. The molecule has 0 aromatic heterocycles. The first-order chi connectivity index (χ1) is 18.7. The van der Waals surface area contributed by atoms with Crippen LogP contribution in [-0.2, 0) is 16.1 Å². The number of halogens is 4.